The molecule has 0 heterocycles. The zero-order valence-electron chi connectivity index (χ0n) is 12.6. The lowest BCUT2D eigenvalue weighted by molar-refractivity contribution is 0.221. The predicted octanol–water partition coefficient (Wildman–Crippen LogP) is 3.17. The van der Waals surface area contributed by atoms with Gasteiger partial charge < -0.3 is 11.1 Å². The Morgan fingerprint density at radius 3 is 1.89 bits per heavy atom. The molecule has 2 nitrogen and oxygen atoms in total. The third-order valence-corrected chi connectivity index (χ3v) is 5.95. The summed E-state index contributed by atoms with van der Waals surface area (Å²) in [4.78, 5) is 0. The van der Waals surface area contributed by atoms with Gasteiger partial charge in [0.2, 0.25) is 0 Å². The molecule has 0 bridgehead atoms. The van der Waals surface area contributed by atoms with E-state index in [9.17, 15) is 0 Å². The Hall–Kier alpha value is -0.0800. The summed E-state index contributed by atoms with van der Waals surface area (Å²) in [6.07, 6.45) is 11.6. The molecule has 3 aliphatic rings. The number of rotatable bonds is 7. The van der Waals surface area contributed by atoms with Crippen molar-refractivity contribution < 1.29 is 0 Å². The molecule has 110 valence electrons. The highest BCUT2D eigenvalue weighted by molar-refractivity contribution is 4.93. The van der Waals surface area contributed by atoms with Crippen LogP contribution < -0.4 is 11.1 Å². The van der Waals surface area contributed by atoms with E-state index < -0.39 is 0 Å². The van der Waals surface area contributed by atoms with Crippen molar-refractivity contribution in [3.05, 3.63) is 0 Å². The molecule has 0 aromatic carbocycles. The first-order chi connectivity index (χ1) is 9.28. The van der Waals surface area contributed by atoms with Crippen LogP contribution in [0.4, 0.5) is 0 Å². The molecule has 3 fully saturated rings. The standard InChI is InChI=1S/C17H32N2/c1-12-2-4-15(5-3-12)17(10-18)19-11-16(13-6-7-13)14-8-9-14/h12-17,19H,2-11,18H2,1H3. The molecule has 0 aromatic heterocycles. The van der Waals surface area contributed by atoms with Gasteiger partial charge in [0.25, 0.3) is 0 Å². The van der Waals surface area contributed by atoms with E-state index in [-0.39, 0.29) is 0 Å². The van der Waals surface area contributed by atoms with Gasteiger partial charge in [-0.05, 0) is 74.7 Å². The second kappa shape index (κ2) is 6.13. The molecule has 0 saturated heterocycles. The first kappa shape index (κ1) is 13.9. The van der Waals surface area contributed by atoms with Crippen molar-refractivity contribution in [2.24, 2.45) is 35.3 Å². The summed E-state index contributed by atoms with van der Waals surface area (Å²) in [5, 5.41) is 3.87. The average molecular weight is 264 g/mol. The van der Waals surface area contributed by atoms with Gasteiger partial charge in [-0.25, -0.2) is 0 Å². The van der Waals surface area contributed by atoms with E-state index in [4.69, 9.17) is 5.73 Å². The molecule has 0 radical (unpaired) electrons. The maximum absolute atomic E-state index is 6.05. The average Bonchev–Trinajstić information content (AvgIpc) is 3.28. The van der Waals surface area contributed by atoms with Crippen LogP contribution in [0.1, 0.15) is 58.3 Å². The van der Waals surface area contributed by atoms with Gasteiger partial charge in [0.1, 0.15) is 0 Å². The van der Waals surface area contributed by atoms with Crippen LogP contribution in [0, 0.1) is 29.6 Å². The molecule has 3 N–H and O–H groups in total. The van der Waals surface area contributed by atoms with Crippen LogP contribution in [-0.4, -0.2) is 19.1 Å². The van der Waals surface area contributed by atoms with Gasteiger partial charge in [0.05, 0.1) is 0 Å². The van der Waals surface area contributed by atoms with Gasteiger partial charge in [-0.3, -0.25) is 0 Å². The van der Waals surface area contributed by atoms with Crippen molar-refractivity contribution in [1.82, 2.24) is 5.32 Å². The SMILES string of the molecule is CC1CCC(C(CN)NCC(C2CC2)C2CC2)CC1. The van der Waals surface area contributed by atoms with E-state index in [1.165, 1.54) is 57.9 Å². The number of nitrogens with two attached hydrogens (primary N) is 1. The third-order valence-electron chi connectivity index (χ3n) is 5.95. The van der Waals surface area contributed by atoms with Crippen LogP contribution in [0.2, 0.25) is 0 Å². The molecule has 3 aliphatic carbocycles. The second-order valence-electron chi connectivity index (χ2n) is 7.61. The largest absolute Gasteiger partial charge is 0.329 e. The minimum atomic E-state index is 0.590. The van der Waals surface area contributed by atoms with Crippen molar-refractivity contribution in [2.45, 2.75) is 64.3 Å². The Bertz CT molecular complexity index is 263. The molecule has 0 aromatic rings. The molecule has 19 heavy (non-hydrogen) atoms. The fourth-order valence-electron chi connectivity index (χ4n) is 4.19. The zero-order valence-corrected chi connectivity index (χ0v) is 12.6. The Kier molecular flexibility index (Phi) is 4.48. The van der Waals surface area contributed by atoms with Crippen molar-refractivity contribution in [3.8, 4) is 0 Å². The lowest BCUT2D eigenvalue weighted by Crippen LogP contribution is -2.45. The topological polar surface area (TPSA) is 38.0 Å². The summed E-state index contributed by atoms with van der Waals surface area (Å²) in [6, 6.07) is 0.590. The minimum absolute atomic E-state index is 0.590. The summed E-state index contributed by atoms with van der Waals surface area (Å²) in [6.45, 7) is 4.49. The molecule has 1 atom stereocenters. The minimum Gasteiger partial charge on any atom is -0.329 e. The zero-order chi connectivity index (χ0) is 13.2. The lowest BCUT2D eigenvalue weighted by atomic mass is 9.79. The highest BCUT2D eigenvalue weighted by atomic mass is 14.9. The van der Waals surface area contributed by atoms with Crippen LogP contribution in [0.3, 0.4) is 0 Å². The smallest absolute Gasteiger partial charge is 0.0218 e. The van der Waals surface area contributed by atoms with Gasteiger partial charge in [-0.2, -0.15) is 0 Å². The number of hydrogen-bond acceptors (Lipinski definition) is 2. The van der Waals surface area contributed by atoms with Gasteiger partial charge in [-0.1, -0.05) is 19.8 Å². The van der Waals surface area contributed by atoms with E-state index in [0.717, 1.165) is 36.1 Å². The fourth-order valence-corrected chi connectivity index (χ4v) is 4.19. The molecule has 0 aliphatic heterocycles. The number of hydrogen-bond donors (Lipinski definition) is 2. The normalized spacial score (nSPS) is 33.6. The van der Waals surface area contributed by atoms with Gasteiger partial charge in [0, 0.05) is 12.6 Å². The Labute approximate surface area is 118 Å². The van der Waals surface area contributed by atoms with E-state index in [1.807, 2.05) is 0 Å². The van der Waals surface area contributed by atoms with Crippen LogP contribution in [0.5, 0.6) is 0 Å². The van der Waals surface area contributed by atoms with Crippen molar-refractivity contribution in [1.29, 1.82) is 0 Å². The predicted molar refractivity (Wildman–Crippen MR) is 80.9 cm³/mol. The van der Waals surface area contributed by atoms with Crippen LogP contribution >= 0.6 is 0 Å². The lowest BCUT2D eigenvalue weighted by Gasteiger charge is -2.33. The molecule has 1 unspecified atom stereocenters. The number of nitrogens with one attached hydrogen (secondary N) is 1. The van der Waals surface area contributed by atoms with Crippen molar-refractivity contribution in [3.63, 3.8) is 0 Å². The molecule has 3 saturated carbocycles. The fraction of sp³-hybridized carbons (Fsp3) is 1.00. The van der Waals surface area contributed by atoms with Gasteiger partial charge in [0.15, 0.2) is 0 Å². The highest BCUT2D eigenvalue weighted by Gasteiger charge is 2.41. The summed E-state index contributed by atoms with van der Waals surface area (Å²) >= 11 is 0. The first-order valence-corrected chi connectivity index (χ1v) is 8.71. The maximum atomic E-state index is 6.05. The molecule has 0 spiro atoms. The van der Waals surface area contributed by atoms with Gasteiger partial charge in [-0.15, -0.1) is 0 Å². The summed E-state index contributed by atoms with van der Waals surface area (Å²) in [5.74, 6) is 4.90. The monoisotopic (exact) mass is 264 g/mol. The third kappa shape index (κ3) is 3.72. The highest BCUT2D eigenvalue weighted by Crippen LogP contribution is 2.48. The Balaban J connectivity index is 1.46. The summed E-state index contributed by atoms with van der Waals surface area (Å²) in [5.41, 5.74) is 6.05. The maximum Gasteiger partial charge on any atom is 0.0218 e. The van der Waals surface area contributed by atoms with E-state index >= 15 is 0 Å². The van der Waals surface area contributed by atoms with Crippen LogP contribution in [0.15, 0.2) is 0 Å². The quantitative estimate of drug-likeness (QED) is 0.741. The molecule has 3 rings (SSSR count). The van der Waals surface area contributed by atoms with E-state index in [2.05, 4.69) is 12.2 Å². The molecular formula is C17H32N2. The summed E-state index contributed by atoms with van der Waals surface area (Å²) in [7, 11) is 0. The summed E-state index contributed by atoms with van der Waals surface area (Å²) < 4.78 is 0. The first-order valence-electron chi connectivity index (χ1n) is 8.71. The molecule has 0 amide bonds. The Morgan fingerprint density at radius 1 is 0.895 bits per heavy atom. The molecule has 2 heteroatoms. The van der Waals surface area contributed by atoms with E-state index in [1.54, 1.807) is 0 Å². The van der Waals surface area contributed by atoms with E-state index in [0.29, 0.717) is 6.04 Å². The van der Waals surface area contributed by atoms with Crippen molar-refractivity contribution in [2.75, 3.05) is 13.1 Å². The van der Waals surface area contributed by atoms with Crippen LogP contribution in [0.25, 0.3) is 0 Å². The molecular weight excluding hydrogens is 232 g/mol. The van der Waals surface area contributed by atoms with Gasteiger partial charge >= 0.3 is 0 Å². The Morgan fingerprint density at radius 2 is 1.42 bits per heavy atom. The van der Waals surface area contributed by atoms with Crippen LogP contribution in [-0.2, 0) is 0 Å². The second-order valence-corrected chi connectivity index (χ2v) is 7.61. The van der Waals surface area contributed by atoms with Crippen molar-refractivity contribution >= 4 is 0 Å².